The van der Waals surface area contributed by atoms with E-state index in [1.807, 2.05) is 6.92 Å². The molecule has 0 aromatic carbocycles. The predicted octanol–water partition coefficient (Wildman–Crippen LogP) is 1.35. The summed E-state index contributed by atoms with van der Waals surface area (Å²) in [5.41, 5.74) is 0.165. The van der Waals surface area contributed by atoms with Crippen molar-refractivity contribution in [2.45, 2.75) is 25.8 Å². The first-order valence-corrected chi connectivity index (χ1v) is 5.21. The highest BCUT2D eigenvalue weighted by Gasteiger charge is 2.12. The van der Waals surface area contributed by atoms with Crippen molar-refractivity contribution in [3.05, 3.63) is 23.9 Å². The molecule has 0 aliphatic rings. The van der Waals surface area contributed by atoms with Crippen molar-refractivity contribution in [1.29, 1.82) is 0 Å². The second-order valence-corrected chi connectivity index (χ2v) is 3.62. The van der Waals surface area contributed by atoms with Crippen molar-refractivity contribution in [2.24, 2.45) is 0 Å². The number of nitrogens with zero attached hydrogens (tertiary/aromatic N) is 1. The number of carbonyl (C=O) groups is 1. The zero-order valence-electron chi connectivity index (χ0n) is 9.18. The maximum Gasteiger partial charge on any atom is 0.339 e. The number of carboxylic acid groups (broad SMARTS) is 1. The van der Waals surface area contributed by atoms with Gasteiger partial charge in [-0.05, 0) is 31.9 Å². The molecule has 0 saturated heterocycles. The van der Waals surface area contributed by atoms with Gasteiger partial charge in [-0.3, -0.25) is 0 Å². The molecule has 1 aromatic rings. The summed E-state index contributed by atoms with van der Waals surface area (Å²) in [5.74, 6) is -0.620. The maximum atomic E-state index is 10.9. The second kappa shape index (κ2) is 6.07. The summed E-state index contributed by atoms with van der Waals surface area (Å²) in [6, 6.07) is 3.18. The van der Waals surface area contributed by atoms with Gasteiger partial charge in [0.2, 0.25) is 0 Å². The minimum absolute atomic E-state index is 0.0835. The highest BCUT2D eigenvalue weighted by atomic mass is 16.4. The van der Waals surface area contributed by atoms with Gasteiger partial charge in [0.1, 0.15) is 11.4 Å². The van der Waals surface area contributed by atoms with Gasteiger partial charge in [-0.2, -0.15) is 0 Å². The number of aliphatic hydroxyl groups is 1. The molecule has 0 spiro atoms. The second-order valence-electron chi connectivity index (χ2n) is 3.62. The van der Waals surface area contributed by atoms with Gasteiger partial charge in [0, 0.05) is 18.8 Å². The van der Waals surface area contributed by atoms with Crippen LogP contribution in [0.25, 0.3) is 0 Å². The molecule has 0 saturated carbocycles. The molecule has 5 heteroatoms. The van der Waals surface area contributed by atoms with Gasteiger partial charge in [-0.15, -0.1) is 0 Å². The van der Waals surface area contributed by atoms with Crippen molar-refractivity contribution in [2.75, 3.05) is 11.9 Å². The first-order valence-electron chi connectivity index (χ1n) is 5.21. The van der Waals surface area contributed by atoms with Crippen LogP contribution in [0.5, 0.6) is 0 Å². The van der Waals surface area contributed by atoms with E-state index in [0.29, 0.717) is 12.2 Å². The van der Waals surface area contributed by atoms with E-state index in [-0.39, 0.29) is 18.2 Å². The molecule has 0 amide bonds. The van der Waals surface area contributed by atoms with E-state index in [4.69, 9.17) is 10.2 Å². The maximum absolute atomic E-state index is 10.9. The lowest BCUT2D eigenvalue weighted by molar-refractivity contribution is 0.0697. The number of carboxylic acids is 1. The molecule has 0 aliphatic carbocycles. The molecule has 0 fully saturated rings. The van der Waals surface area contributed by atoms with E-state index < -0.39 is 5.97 Å². The highest BCUT2D eigenvalue weighted by molar-refractivity contribution is 5.93. The monoisotopic (exact) mass is 224 g/mol. The van der Waals surface area contributed by atoms with E-state index in [0.717, 1.165) is 6.42 Å². The molecule has 1 unspecified atom stereocenters. The smallest absolute Gasteiger partial charge is 0.339 e. The highest BCUT2D eigenvalue weighted by Crippen LogP contribution is 2.13. The number of rotatable bonds is 6. The molecule has 1 rings (SSSR count). The van der Waals surface area contributed by atoms with E-state index >= 15 is 0 Å². The van der Waals surface area contributed by atoms with E-state index in [9.17, 15) is 4.79 Å². The Hall–Kier alpha value is -1.62. The third-order valence-electron chi connectivity index (χ3n) is 2.22. The van der Waals surface area contributed by atoms with Gasteiger partial charge < -0.3 is 15.5 Å². The molecule has 16 heavy (non-hydrogen) atoms. The summed E-state index contributed by atoms with van der Waals surface area (Å²) in [5, 5.41) is 20.6. The number of aromatic nitrogens is 1. The van der Waals surface area contributed by atoms with Crippen LogP contribution in [0.2, 0.25) is 0 Å². The fourth-order valence-corrected chi connectivity index (χ4v) is 1.40. The minimum atomic E-state index is -0.995. The molecule has 1 heterocycles. The Balaban J connectivity index is 2.69. The molecule has 1 aromatic heterocycles. The first-order chi connectivity index (χ1) is 7.65. The van der Waals surface area contributed by atoms with E-state index in [1.165, 1.54) is 6.07 Å². The predicted molar refractivity (Wildman–Crippen MR) is 60.6 cm³/mol. The summed E-state index contributed by atoms with van der Waals surface area (Å²) >= 11 is 0. The normalized spacial score (nSPS) is 12.1. The SMILES string of the molecule is CC(CCCO)Nc1ncccc1C(=O)O. The number of aromatic carboxylic acids is 1. The van der Waals surface area contributed by atoms with Crippen molar-refractivity contribution >= 4 is 11.8 Å². The Morgan fingerprint density at radius 3 is 3.00 bits per heavy atom. The van der Waals surface area contributed by atoms with Gasteiger partial charge in [-0.1, -0.05) is 0 Å². The Morgan fingerprint density at radius 2 is 2.38 bits per heavy atom. The van der Waals surface area contributed by atoms with Crippen LogP contribution in [0.4, 0.5) is 5.82 Å². The van der Waals surface area contributed by atoms with Gasteiger partial charge in [0.15, 0.2) is 0 Å². The number of anilines is 1. The van der Waals surface area contributed by atoms with Crippen molar-refractivity contribution in [1.82, 2.24) is 4.98 Å². The largest absolute Gasteiger partial charge is 0.478 e. The molecule has 0 aliphatic heterocycles. The zero-order chi connectivity index (χ0) is 12.0. The van der Waals surface area contributed by atoms with Crippen LogP contribution in [-0.2, 0) is 0 Å². The Bertz CT molecular complexity index is 355. The van der Waals surface area contributed by atoms with Crippen LogP contribution >= 0.6 is 0 Å². The van der Waals surface area contributed by atoms with Crippen LogP contribution in [0, 0.1) is 0 Å². The lowest BCUT2D eigenvalue weighted by atomic mass is 10.1. The Kier molecular flexibility index (Phi) is 4.72. The lowest BCUT2D eigenvalue weighted by Gasteiger charge is -2.15. The average molecular weight is 224 g/mol. The van der Waals surface area contributed by atoms with Gasteiger partial charge in [0.25, 0.3) is 0 Å². The van der Waals surface area contributed by atoms with Gasteiger partial charge in [-0.25, -0.2) is 9.78 Å². The lowest BCUT2D eigenvalue weighted by Crippen LogP contribution is -2.18. The standard InChI is InChI=1S/C11H16N2O3/c1-8(4-3-7-14)13-10-9(11(15)16)5-2-6-12-10/h2,5-6,8,14H,3-4,7H2,1H3,(H,12,13)(H,15,16). The summed E-state index contributed by atoms with van der Waals surface area (Å²) < 4.78 is 0. The average Bonchev–Trinajstić information content (AvgIpc) is 2.27. The fraction of sp³-hybridized carbons (Fsp3) is 0.455. The fourth-order valence-electron chi connectivity index (χ4n) is 1.40. The van der Waals surface area contributed by atoms with Crippen molar-refractivity contribution < 1.29 is 15.0 Å². The van der Waals surface area contributed by atoms with Crippen LogP contribution in [0.3, 0.4) is 0 Å². The molecule has 88 valence electrons. The van der Waals surface area contributed by atoms with Gasteiger partial charge >= 0.3 is 5.97 Å². The van der Waals surface area contributed by atoms with E-state index in [1.54, 1.807) is 12.3 Å². The van der Waals surface area contributed by atoms with Crippen molar-refractivity contribution in [3.63, 3.8) is 0 Å². The van der Waals surface area contributed by atoms with Crippen LogP contribution in [-0.4, -0.2) is 33.8 Å². The quantitative estimate of drug-likeness (QED) is 0.679. The van der Waals surface area contributed by atoms with Crippen LogP contribution in [0.15, 0.2) is 18.3 Å². The topological polar surface area (TPSA) is 82.5 Å². The molecule has 5 nitrogen and oxygen atoms in total. The molecule has 0 radical (unpaired) electrons. The molecular formula is C11H16N2O3. The van der Waals surface area contributed by atoms with Crippen LogP contribution < -0.4 is 5.32 Å². The Labute approximate surface area is 94.1 Å². The number of hydrogen-bond donors (Lipinski definition) is 3. The third kappa shape index (κ3) is 3.51. The minimum Gasteiger partial charge on any atom is -0.478 e. The summed E-state index contributed by atoms with van der Waals surface area (Å²) in [4.78, 5) is 14.9. The van der Waals surface area contributed by atoms with Gasteiger partial charge in [0.05, 0.1) is 0 Å². The number of hydrogen-bond acceptors (Lipinski definition) is 4. The molecule has 0 bridgehead atoms. The zero-order valence-corrected chi connectivity index (χ0v) is 9.18. The summed E-state index contributed by atoms with van der Waals surface area (Å²) in [6.45, 7) is 2.07. The summed E-state index contributed by atoms with van der Waals surface area (Å²) in [7, 11) is 0. The number of pyridine rings is 1. The number of nitrogens with one attached hydrogen (secondary N) is 1. The third-order valence-corrected chi connectivity index (χ3v) is 2.22. The Morgan fingerprint density at radius 1 is 1.62 bits per heavy atom. The van der Waals surface area contributed by atoms with Crippen LogP contribution in [0.1, 0.15) is 30.1 Å². The first kappa shape index (κ1) is 12.4. The van der Waals surface area contributed by atoms with E-state index in [2.05, 4.69) is 10.3 Å². The molecule has 1 atom stereocenters. The molecular weight excluding hydrogens is 208 g/mol. The molecule has 3 N–H and O–H groups in total. The number of aliphatic hydroxyl groups excluding tert-OH is 1. The van der Waals surface area contributed by atoms with Crippen molar-refractivity contribution in [3.8, 4) is 0 Å². The summed E-state index contributed by atoms with van der Waals surface area (Å²) in [6.07, 6.45) is 3.00.